The van der Waals surface area contributed by atoms with Crippen LogP contribution < -0.4 is 15.8 Å². The lowest BCUT2D eigenvalue weighted by Gasteiger charge is -2.18. The SMILES string of the molecule is Cn1c(Nc2cc(C(C)(C)C)n(COO)n2)nc2ccc(Oc3ccnc(N)c3)cc21. The van der Waals surface area contributed by atoms with Crippen molar-refractivity contribution in [2.24, 2.45) is 7.05 Å². The van der Waals surface area contributed by atoms with Gasteiger partial charge in [0.2, 0.25) is 5.95 Å². The summed E-state index contributed by atoms with van der Waals surface area (Å²) < 4.78 is 9.43. The number of nitrogens with zero attached hydrogens (tertiary/aromatic N) is 5. The first kappa shape index (κ1) is 20.6. The molecule has 0 atom stereocenters. The summed E-state index contributed by atoms with van der Waals surface area (Å²) in [5.74, 6) is 2.89. The van der Waals surface area contributed by atoms with E-state index >= 15 is 0 Å². The molecule has 0 unspecified atom stereocenters. The summed E-state index contributed by atoms with van der Waals surface area (Å²) in [6.07, 6.45) is 1.60. The number of ether oxygens (including phenoxy) is 1. The van der Waals surface area contributed by atoms with E-state index in [2.05, 4.69) is 46.0 Å². The monoisotopic (exact) mass is 423 g/mol. The Hall–Kier alpha value is -3.63. The lowest BCUT2D eigenvalue weighted by atomic mass is 9.92. The first-order chi connectivity index (χ1) is 14.7. The van der Waals surface area contributed by atoms with Crippen molar-refractivity contribution in [1.82, 2.24) is 24.3 Å². The fourth-order valence-corrected chi connectivity index (χ4v) is 3.32. The minimum absolute atomic E-state index is 0.0585. The summed E-state index contributed by atoms with van der Waals surface area (Å²) in [4.78, 5) is 12.9. The Morgan fingerprint density at radius 1 is 1.13 bits per heavy atom. The largest absolute Gasteiger partial charge is 0.457 e. The molecule has 10 heteroatoms. The van der Waals surface area contributed by atoms with Crippen LogP contribution in [0.15, 0.2) is 42.6 Å². The Morgan fingerprint density at radius 3 is 2.61 bits per heavy atom. The molecule has 0 fully saturated rings. The smallest absolute Gasteiger partial charge is 0.209 e. The average Bonchev–Trinajstić information content (AvgIpc) is 3.24. The number of nitrogens with two attached hydrogens (primary N) is 1. The van der Waals surface area contributed by atoms with Gasteiger partial charge in [0.1, 0.15) is 17.3 Å². The number of aromatic nitrogens is 5. The molecule has 1 aromatic carbocycles. The minimum atomic E-state index is -0.180. The number of anilines is 3. The summed E-state index contributed by atoms with van der Waals surface area (Å²) in [6, 6.07) is 11.0. The van der Waals surface area contributed by atoms with Gasteiger partial charge in [0, 0.05) is 42.6 Å². The number of pyridine rings is 1. The number of nitrogen functional groups attached to an aromatic ring is 1. The molecule has 3 aromatic heterocycles. The van der Waals surface area contributed by atoms with E-state index in [1.165, 1.54) is 0 Å². The third kappa shape index (κ3) is 4.30. The second kappa shape index (κ2) is 7.89. The maximum absolute atomic E-state index is 8.88. The zero-order valence-corrected chi connectivity index (χ0v) is 17.8. The molecule has 0 radical (unpaired) electrons. The number of rotatable bonds is 6. The van der Waals surface area contributed by atoms with Gasteiger partial charge >= 0.3 is 0 Å². The van der Waals surface area contributed by atoms with E-state index in [1.807, 2.05) is 35.9 Å². The van der Waals surface area contributed by atoms with Gasteiger partial charge in [-0.3, -0.25) is 0 Å². The molecule has 0 amide bonds. The van der Waals surface area contributed by atoms with Crippen molar-refractivity contribution < 1.29 is 14.9 Å². The molecule has 4 aromatic rings. The normalized spacial score (nSPS) is 11.8. The molecule has 0 aliphatic carbocycles. The van der Waals surface area contributed by atoms with Gasteiger partial charge in [-0.1, -0.05) is 20.8 Å². The number of aryl methyl sites for hydroxylation is 1. The second-order valence-electron chi connectivity index (χ2n) is 8.21. The predicted octanol–water partition coefficient (Wildman–Crippen LogP) is 4.03. The van der Waals surface area contributed by atoms with Crippen LogP contribution in [-0.4, -0.2) is 29.6 Å². The lowest BCUT2D eigenvalue weighted by Crippen LogP contribution is -2.19. The first-order valence-corrected chi connectivity index (χ1v) is 9.72. The zero-order valence-electron chi connectivity index (χ0n) is 17.8. The maximum Gasteiger partial charge on any atom is 0.209 e. The Labute approximate surface area is 179 Å². The van der Waals surface area contributed by atoms with E-state index in [4.69, 9.17) is 15.7 Å². The predicted molar refractivity (Wildman–Crippen MR) is 117 cm³/mol. The minimum Gasteiger partial charge on any atom is -0.457 e. The van der Waals surface area contributed by atoms with Gasteiger partial charge in [-0.25, -0.2) is 24.8 Å². The van der Waals surface area contributed by atoms with Crippen molar-refractivity contribution in [2.75, 3.05) is 11.1 Å². The van der Waals surface area contributed by atoms with E-state index in [1.54, 1.807) is 23.0 Å². The van der Waals surface area contributed by atoms with Crippen molar-refractivity contribution in [3.05, 3.63) is 48.3 Å². The quantitative estimate of drug-likeness (QED) is 0.314. The molecule has 10 nitrogen and oxygen atoms in total. The number of imidazole rings is 1. The fraction of sp³-hybridized carbons (Fsp3) is 0.286. The van der Waals surface area contributed by atoms with Gasteiger partial charge in [-0.05, 0) is 18.2 Å². The molecular weight excluding hydrogens is 398 g/mol. The highest BCUT2D eigenvalue weighted by molar-refractivity contribution is 5.81. The van der Waals surface area contributed by atoms with Crippen LogP contribution in [0.3, 0.4) is 0 Å². The Kier molecular flexibility index (Phi) is 5.25. The van der Waals surface area contributed by atoms with Crippen LogP contribution >= 0.6 is 0 Å². The summed E-state index contributed by atoms with van der Waals surface area (Å²) in [7, 11) is 1.91. The maximum atomic E-state index is 8.88. The molecule has 0 aliphatic rings. The summed E-state index contributed by atoms with van der Waals surface area (Å²) in [6.45, 7) is 6.13. The van der Waals surface area contributed by atoms with Crippen LogP contribution in [0.1, 0.15) is 26.5 Å². The van der Waals surface area contributed by atoms with Crippen LogP contribution in [0.2, 0.25) is 0 Å². The average molecular weight is 423 g/mol. The number of fused-ring (bicyclic) bond motifs is 1. The molecule has 162 valence electrons. The molecule has 0 bridgehead atoms. The molecule has 31 heavy (non-hydrogen) atoms. The van der Waals surface area contributed by atoms with Crippen molar-refractivity contribution in [1.29, 1.82) is 0 Å². The molecule has 0 saturated carbocycles. The Morgan fingerprint density at radius 2 is 1.90 bits per heavy atom. The first-order valence-electron chi connectivity index (χ1n) is 9.72. The van der Waals surface area contributed by atoms with Crippen LogP contribution in [0.25, 0.3) is 11.0 Å². The van der Waals surface area contributed by atoms with Gasteiger partial charge < -0.3 is 20.4 Å². The third-order valence-corrected chi connectivity index (χ3v) is 4.81. The number of hydrogen-bond acceptors (Lipinski definition) is 8. The van der Waals surface area contributed by atoms with E-state index in [0.717, 1.165) is 16.7 Å². The zero-order chi connectivity index (χ0) is 22.2. The van der Waals surface area contributed by atoms with Gasteiger partial charge in [-0.2, -0.15) is 5.10 Å². The Balaban J connectivity index is 1.63. The molecular formula is C21H25N7O3. The highest BCUT2D eigenvalue weighted by Gasteiger charge is 2.22. The van der Waals surface area contributed by atoms with Crippen molar-refractivity contribution in [3.8, 4) is 11.5 Å². The fourth-order valence-electron chi connectivity index (χ4n) is 3.32. The third-order valence-electron chi connectivity index (χ3n) is 4.81. The topological polar surface area (TPSA) is 125 Å². The van der Waals surface area contributed by atoms with Gasteiger partial charge in [0.15, 0.2) is 12.5 Å². The number of nitrogens with one attached hydrogen (secondary N) is 1. The van der Waals surface area contributed by atoms with Crippen LogP contribution in [0.4, 0.5) is 17.6 Å². The highest BCUT2D eigenvalue weighted by atomic mass is 17.1. The molecule has 4 N–H and O–H groups in total. The molecule has 0 spiro atoms. The van der Waals surface area contributed by atoms with Gasteiger partial charge in [0.25, 0.3) is 0 Å². The standard InChI is InChI=1S/C21H25N7O3/c1-21(2,3)17-11-19(26-28(17)12-30-29)25-20-24-15-6-5-13(9-16(15)27(20)4)31-14-7-8-23-18(22)10-14/h5-11,29H,12H2,1-4H3,(H2,22,23)(H,24,25,26). The lowest BCUT2D eigenvalue weighted by molar-refractivity contribution is -0.271. The van der Waals surface area contributed by atoms with Crippen LogP contribution in [-0.2, 0) is 24.1 Å². The Bertz CT molecular complexity index is 1220. The van der Waals surface area contributed by atoms with Gasteiger partial charge in [-0.15, -0.1) is 0 Å². The number of hydrogen-bond donors (Lipinski definition) is 3. The highest BCUT2D eigenvalue weighted by Crippen LogP contribution is 2.30. The van der Waals surface area contributed by atoms with Gasteiger partial charge in [0.05, 0.1) is 11.0 Å². The van der Waals surface area contributed by atoms with Crippen molar-refractivity contribution >= 4 is 28.6 Å². The van der Waals surface area contributed by atoms with E-state index in [9.17, 15) is 0 Å². The second-order valence-corrected chi connectivity index (χ2v) is 8.21. The van der Waals surface area contributed by atoms with Crippen LogP contribution in [0.5, 0.6) is 11.5 Å². The summed E-state index contributed by atoms with van der Waals surface area (Å²) in [5.41, 5.74) is 8.14. The van der Waals surface area contributed by atoms with E-state index in [-0.39, 0.29) is 12.1 Å². The van der Waals surface area contributed by atoms with Crippen molar-refractivity contribution in [2.45, 2.75) is 32.9 Å². The summed E-state index contributed by atoms with van der Waals surface area (Å²) >= 11 is 0. The van der Waals surface area contributed by atoms with Crippen LogP contribution in [0, 0.1) is 0 Å². The van der Waals surface area contributed by atoms with E-state index in [0.29, 0.717) is 29.1 Å². The molecule has 3 heterocycles. The van der Waals surface area contributed by atoms with E-state index < -0.39 is 0 Å². The molecule has 0 saturated heterocycles. The number of benzene rings is 1. The molecule has 0 aliphatic heterocycles. The molecule has 4 rings (SSSR count). The van der Waals surface area contributed by atoms with Crippen molar-refractivity contribution in [3.63, 3.8) is 0 Å². The summed E-state index contributed by atoms with van der Waals surface area (Å²) in [5, 5.41) is 16.6.